The molecule has 0 radical (unpaired) electrons. The van der Waals surface area contributed by atoms with Crippen molar-refractivity contribution in [2.24, 2.45) is 0 Å². The van der Waals surface area contributed by atoms with Crippen LogP contribution in [0.4, 0.5) is 47.1 Å². The Hall–Kier alpha value is -2.02. The molecule has 4 nitrogen and oxygen atoms in total. The van der Waals surface area contributed by atoms with Crippen LogP contribution in [0, 0.1) is 29.1 Å². The third-order valence-electron chi connectivity index (χ3n) is 2.93. The summed E-state index contributed by atoms with van der Waals surface area (Å²) in [5.41, 5.74) is -1.11. The van der Waals surface area contributed by atoms with Crippen molar-refractivity contribution in [3.05, 3.63) is 41.2 Å². The van der Waals surface area contributed by atoms with Crippen molar-refractivity contribution < 1.29 is 56.6 Å². The van der Waals surface area contributed by atoms with E-state index in [2.05, 4.69) is 5.10 Å². The predicted molar refractivity (Wildman–Crippen MR) is 66.8 cm³/mol. The number of nitrogens with zero attached hydrogens (tertiary/aromatic N) is 3. The predicted octanol–water partition coefficient (Wildman–Crippen LogP) is 4.77. The van der Waals surface area contributed by atoms with Crippen LogP contribution in [0.15, 0.2) is 6.33 Å². The quantitative estimate of drug-likeness (QED) is 0.212. The van der Waals surface area contributed by atoms with Gasteiger partial charge in [0.1, 0.15) is 13.2 Å². The Morgan fingerprint density at radius 2 is 1.30 bits per heavy atom. The van der Waals surface area contributed by atoms with E-state index in [1.165, 1.54) is 4.57 Å². The maximum atomic E-state index is 13.6. The summed E-state index contributed by atoms with van der Waals surface area (Å²) in [4.78, 5) is 0. The zero-order valence-electron chi connectivity index (χ0n) is 12.6. The summed E-state index contributed by atoms with van der Waals surface area (Å²) >= 11 is 0. The van der Waals surface area contributed by atoms with Crippen LogP contribution in [0.2, 0.25) is 0 Å². The van der Waals surface area contributed by atoms with Crippen LogP contribution >= 0.6 is 7.81 Å². The number of halogens is 11. The van der Waals surface area contributed by atoms with E-state index in [1.807, 2.05) is 0 Å². The number of hydrogen-bond acceptors (Lipinski definition) is 2. The summed E-state index contributed by atoms with van der Waals surface area (Å²) in [6.45, 7) is 0.855. The first-order chi connectivity index (χ1) is 12.0. The molecule has 2 aromatic rings. The Balaban J connectivity index is 0.000000321. The number of benzene rings is 1. The van der Waals surface area contributed by atoms with Gasteiger partial charge in [0.05, 0.1) is 6.61 Å². The number of rotatable bonds is 1. The smallest absolute Gasteiger partial charge is 0.272 e. The standard InChI is InChI=1S/C11H7F5N3O.F6P/c12-6-7(13)9(15)11(10(16)8(6)14)19-4-18-1-2-20-3-5(18)17-19;1-7(2,3,4,5)6/h4H,1-3H2;/q+1;-1. The van der Waals surface area contributed by atoms with E-state index in [0.29, 0.717) is 23.7 Å². The molecule has 1 aromatic carbocycles. The van der Waals surface area contributed by atoms with E-state index in [4.69, 9.17) is 4.74 Å². The SMILES string of the molecule is F[P-](F)(F)(F)(F)F.Fc1c(F)c(F)c(-[n+]2cn3c(n2)COCC3)c(F)c1F. The number of hydrogen-bond donors (Lipinski definition) is 0. The molecule has 0 saturated carbocycles. The van der Waals surface area contributed by atoms with Gasteiger partial charge >= 0.3 is 33.0 Å². The molecule has 1 aromatic heterocycles. The zero-order valence-corrected chi connectivity index (χ0v) is 13.4. The summed E-state index contributed by atoms with van der Waals surface area (Å²) in [6.07, 6.45) is 1.16. The first-order valence-electron chi connectivity index (χ1n) is 6.59. The summed E-state index contributed by atoms with van der Waals surface area (Å²) < 4.78 is 133. The van der Waals surface area contributed by atoms with E-state index < -0.39 is 42.6 Å². The average Bonchev–Trinajstić information content (AvgIpc) is 2.91. The molecule has 0 amide bonds. The van der Waals surface area contributed by atoms with E-state index in [9.17, 15) is 47.1 Å². The minimum absolute atomic E-state index is 0.0996. The third kappa shape index (κ3) is 5.73. The van der Waals surface area contributed by atoms with Gasteiger partial charge in [-0.2, -0.15) is 8.78 Å². The second kappa shape index (κ2) is 5.99. The van der Waals surface area contributed by atoms with Gasteiger partial charge in [-0.1, -0.05) is 4.68 Å². The molecule has 0 aliphatic carbocycles. The first kappa shape index (κ1) is 21.3. The van der Waals surface area contributed by atoms with Crippen molar-refractivity contribution in [2.75, 3.05) is 6.61 Å². The molecule has 0 atom stereocenters. The number of aromatic nitrogens is 3. The molecule has 0 fully saturated rings. The summed E-state index contributed by atoms with van der Waals surface area (Å²) in [5.74, 6) is -9.73. The number of ether oxygens (including phenoxy) is 1. The molecule has 27 heavy (non-hydrogen) atoms. The fraction of sp³-hybridized carbons (Fsp3) is 0.273. The third-order valence-corrected chi connectivity index (χ3v) is 2.93. The first-order valence-corrected chi connectivity index (χ1v) is 8.62. The van der Waals surface area contributed by atoms with E-state index >= 15 is 0 Å². The minimum atomic E-state index is -10.7. The second-order valence-corrected chi connectivity index (χ2v) is 7.02. The maximum absolute atomic E-state index is 13.6. The molecule has 1 aliphatic heterocycles. The van der Waals surface area contributed by atoms with Crippen LogP contribution in [0.3, 0.4) is 0 Å². The van der Waals surface area contributed by atoms with E-state index in [0.717, 1.165) is 6.33 Å². The Morgan fingerprint density at radius 3 is 1.74 bits per heavy atom. The van der Waals surface area contributed by atoms with Gasteiger partial charge < -0.3 is 4.74 Å². The Kier molecular flexibility index (Phi) is 4.72. The van der Waals surface area contributed by atoms with Crippen molar-refractivity contribution in [3.63, 3.8) is 0 Å². The van der Waals surface area contributed by atoms with Gasteiger partial charge in [-0.25, -0.2) is 17.7 Å². The van der Waals surface area contributed by atoms with E-state index in [1.54, 1.807) is 0 Å². The molecule has 16 heteroatoms. The molecule has 0 saturated heterocycles. The maximum Gasteiger partial charge on any atom is 0.272 e. The molecule has 2 heterocycles. The minimum Gasteiger partial charge on any atom is -0.367 e. The fourth-order valence-corrected chi connectivity index (χ4v) is 1.93. The summed E-state index contributed by atoms with van der Waals surface area (Å²) in [7, 11) is -10.7. The summed E-state index contributed by atoms with van der Waals surface area (Å²) in [6, 6.07) is 0. The topological polar surface area (TPSA) is 30.9 Å². The van der Waals surface area contributed by atoms with Crippen LogP contribution in [0.5, 0.6) is 0 Å². The molecule has 0 N–H and O–H groups in total. The Labute approximate surface area is 142 Å². The monoisotopic (exact) mass is 437 g/mol. The normalized spacial score (nSPS) is 16.7. The van der Waals surface area contributed by atoms with Gasteiger partial charge in [0.2, 0.25) is 34.8 Å². The largest absolute Gasteiger partial charge is 0.367 e. The van der Waals surface area contributed by atoms with Gasteiger partial charge in [-0.05, 0) is 5.10 Å². The number of fused-ring (bicyclic) bond motifs is 1. The Morgan fingerprint density at radius 1 is 0.852 bits per heavy atom. The van der Waals surface area contributed by atoms with Crippen molar-refractivity contribution in [3.8, 4) is 5.69 Å². The van der Waals surface area contributed by atoms with Crippen LogP contribution in [0.1, 0.15) is 5.82 Å². The van der Waals surface area contributed by atoms with Gasteiger partial charge in [0.25, 0.3) is 12.2 Å². The average molecular weight is 437 g/mol. The van der Waals surface area contributed by atoms with Crippen LogP contribution < -0.4 is 4.68 Å². The van der Waals surface area contributed by atoms with Crippen molar-refractivity contribution in [2.45, 2.75) is 13.2 Å². The van der Waals surface area contributed by atoms with Gasteiger partial charge in [-0.3, -0.25) is 0 Å². The summed E-state index contributed by atoms with van der Waals surface area (Å²) in [5, 5.41) is 3.77. The molecule has 1 aliphatic rings. The molecule has 154 valence electrons. The van der Waals surface area contributed by atoms with Gasteiger partial charge in [0, 0.05) is 0 Å². The molecular weight excluding hydrogens is 430 g/mol. The van der Waals surface area contributed by atoms with Crippen molar-refractivity contribution in [1.29, 1.82) is 0 Å². The zero-order chi connectivity index (χ0) is 20.8. The van der Waals surface area contributed by atoms with Crippen molar-refractivity contribution >= 4 is 7.81 Å². The Bertz CT molecular complexity index is 830. The van der Waals surface area contributed by atoms with Crippen LogP contribution in [-0.4, -0.2) is 16.3 Å². The van der Waals surface area contributed by atoms with Gasteiger partial charge in [0.15, 0.2) is 0 Å². The van der Waals surface area contributed by atoms with Crippen molar-refractivity contribution in [1.82, 2.24) is 9.67 Å². The second-order valence-electron chi connectivity index (χ2n) is 5.10. The van der Waals surface area contributed by atoms with Gasteiger partial charge in [-0.15, -0.1) is 0 Å². The molecular formula is C11H7F11N3OP. The fourth-order valence-electron chi connectivity index (χ4n) is 1.93. The molecule has 0 bridgehead atoms. The van der Waals surface area contributed by atoms with E-state index in [-0.39, 0.29) is 6.61 Å². The van der Waals surface area contributed by atoms with Crippen LogP contribution in [0.25, 0.3) is 5.69 Å². The molecule has 0 spiro atoms. The molecule has 0 unspecified atom stereocenters. The molecule has 3 rings (SSSR count). The van der Waals surface area contributed by atoms with Crippen LogP contribution in [-0.2, 0) is 17.9 Å².